The van der Waals surface area contributed by atoms with Crippen molar-refractivity contribution in [3.05, 3.63) is 152 Å². The molecule has 0 bridgehead atoms. The van der Waals surface area contributed by atoms with Gasteiger partial charge < -0.3 is 9.80 Å². The Labute approximate surface area is 269 Å². The Hall–Kier alpha value is -4.12. The zero-order valence-corrected chi connectivity index (χ0v) is 27.2. The first-order chi connectivity index (χ1) is 20.9. The number of hydrogen-bond donors (Lipinski definition) is 0. The number of halogens is 2. The maximum absolute atomic E-state index is 13.7. The highest BCUT2D eigenvalue weighted by Crippen LogP contribution is 2.48. The van der Waals surface area contributed by atoms with Crippen LogP contribution in [0.5, 0.6) is 0 Å². The molecule has 44 heavy (non-hydrogen) atoms. The third-order valence-corrected chi connectivity index (χ3v) is 9.96. The summed E-state index contributed by atoms with van der Waals surface area (Å²) in [6.45, 7) is 8.80. The van der Waals surface area contributed by atoms with E-state index in [1.54, 1.807) is 0 Å². The second-order valence-corrected chi connectivity index (χ2v) is 13.3. The first-order valence-corrected chi connectivity index (χ1v) is 15.4. The van der Waals surface area contributed by atoms with Crippen molar-refractivity contribution in [1.82, 2.24) is 0 Å². The SMILES string of the molecule is CN1/C(=C/C=C/C(/C=C/C=C2/N(C)c3ccccc3C2(C)C)=C2C(=O)c3cc(Cl)c(Cl)cc3C2=O)C(C)(C)c2ccccc21. The highest BCUT2D eigenvalue weighted by atomic mass is 35.5. The number of carbonyl (C=O) groups excluding carboxylic acids is 2. The summed E-state index contributed by atoms with van der Waals surface area (Å²) < 4.78 is 0. The van der Waals surface area contributed by atoms with Gasteiger partial charge in [-0.2, -0.15) is 0 Å². The summed E-state index contributed by atoms with van der Waals surface area (Å²) >= 11 is 12.5. The number of benzene rings is 3. The fraction of sp³-hybridized carbons (Fsp3) is 0.211. The number of hydrogen-bond acceptors (Lipinski definition) is 4. The maximum Gasteiger partial charge on any atom is 0.198 e. The van der Waals surface area contributed by atoms with Crippen LogP contribution in [0.4, 0.5) is 11.4 Å². The number of Topliss-reactive ketones (excluding diaryl/α,β-unsaturated/α-hetero) is 2. The van der Waals surface area contributed by atoms with E-state index in [0.29, 0.717) is 5.57 Å². The lowest BCUT2D eigenvalue weighted by atomic mass is 9.83. The van der Waals surface area contributed by atoms with E-state index in [1.807, 2.05) is 36.4 Å². The van der Waals surface area contributed by atoms with Crippen LogP contribution in [0, 0.1) is 0 Å². The van der Waals surface area contributed by atoms with Crippen molar-refractivity contribution in [2.75, 3.05) is 23.9 Å². The predicted molar refractivity (Wildman–Crippen MR) is 182 cm³/mol. The summed E-state index contributed by atoms with van der Waals surface area (Å²) in [5.74, 6) is -0.714. The monoisotopic (exact) mass is 620 g/mol. The Morgan fingerprint density at radius 3 is 1.43 bits per heavy atom. The first-order valence-electron chi connectivity index (χ1n) is 14.6. The molecule has 3 aliphatic rings. The number of anilines is 2. The minimum atomic E-state index is -0.357. The summed E-state index contributed by atoms with van der Waals surface area (Å²) in [5, 5.41) is 0.485. The van der Waals surface area contributed by atoms with Crippen molar-refractivity contribution >= 4 is 46.1 Å². The van der Waals surface area contributed by atoms with Gasteiger partial charge in [-0.25, -0.2) is 0 Å². The van der Waals surface area contributed by atoms with Gasteiger partial charge in [-0.1, -0.05) is 112 Å². The number of allylic oxidation sites excluding steroid dienone is 10. The number of likely N-dealkylation sites (N-methyl/N-ethyl adjacent to an activating group) is 2. The lowest BCUT2D eigenvalue weighted by molar-refractivity contribution is 0.0988. The molecule has 0 saturated carbocycles. The molecule has 2 aliphatic heterocycles. The van der Waals surface area contributed by atoms with E-state index < -0.39 is 0 Å². The number of ketones is 2. The molecule has 0 fully saturated rings. The average molecular weight is 622 g/mol. The molecule has 6 heteroatoms. The van der Waals surface area contributed by atoms with E-state index >= 15 is 0 Å². The molecule has 0 N–H and O–H groups in total. The van der Waals surface area contributed by atoms with Crippen LogP contribution in [0.3, 0.4) is 0 Å². The van der Waals surface area contributed by atoms with E-state index in [-0.39, 0.29) is 49.1 Å². The van der Waals surface area contributed by atoms with Gasteiger partial charge in [-0.3, -0.25) is 9.59 Å². The smallest absolute Gasteiger partial charge is 0.198 e. The summed E-state index contributed by atoms with van der Waals surface area (Å²) in [6.07, 6.45) is 11.6. The fourth-order valence-corrected chi connectivity index (χ4v) is 7.20. The van der Waals surface area contributed by atoms with Crippen LogP contribution in [0.2, 0.25) is 10.0 Å². The average Bonchev–Trinajstić information content (AvgIpc) is 3.43. The third-order valence-electron chi connectivity index (χ3n) is 9.23. The molecule has 0 unspecified atom stereocenters. The summed E-state index contributed by atoms with van der Waals surface area (Å²) in [7, 11) is 4.12. The Balaban J connectivity index is 1.43. The quantitative estimate of drug-likeness (QED) is 0.215. The van der Waals surface area contributed by atoms with Crippen molar-refractivity contribution in [3.63, 3.8) is 0 Å². The van der Waals surface area contributed by atoms with Crippen LogP contribution in [-0.4, -0.2) is 25.7 Å². The zero-order valence-electron chi connectivity index (χ0n) is 25.7. The number of nitrogens with zero attached hydrogens (tertiary/aromatic N) is 2. The molecule has 2 heterocycles. The minimum Gasteiger partial charge on any atom is -0.347 e. The fourth-order valence-electron chi connectivity index (χ4n) is 6.87. The molecule has 3 aromatic rings. The summed E-state index contributed by atoms with van der Waals surface area (Å²) in [4.78, 5) is 31.7. The van der Waals surface area contributed by atoms with Crippen molar-refractivity contribution in [3.8, 4) is 0 Å². The molecule has 0 amide bonds. The van der Waals surface area contributed by atoms with Crippen LogP contribution < -0.4 is 9.80 Å². The molecular weight excluding hydrogens is 587 g/mol. The van der Waals surface area contributed by atoms with Gasteiger partial charge in [-0.05, 0) is 53.1 Å². The highest BCUT2D eigenvalue weighted by Gasteiger charge is 2.39. The topological polar surface area (TPSA) is 40.6 Å². The first kappa shape index (κ1) is 29.9. The number of rotatable bonds is 4. The molecule has 0 aromatic heterocycles. The summed E-state index contributed by atoms with van der Waals surface area (Å²) in [5.41, 5.74) is 7.81. The molecule has 0 radical (unpaired) electrons. The number of para-hydroxylation sites is 2. The minimum absolute atomic E-state index is 0.104. The van der Waals surface area contributed by atoms with E-state index in [2.05, 4.69) is 100 Å². The van der Waals surface area contributed by atoms with Crippen molar-refractivity contribution < 1.29 is 9.59 Å². The van der Waals surface area contributed by atoms with Gasteiger partial charge >= 0.3 is 0 Å². The number of fused-ring (bicyclic) bond motifs is 3. The van der Waals surface area contributed by atoms with Gasteiger partial charge in [0.1, 0.15) is 0 Å². The Kier molecular flexibility index (Phi) is 7.34. The molecule has 0 saturated heterocycles. The molecule has 1 aliphatic carbocycles. The van der Waals surface area contributed by atoms with E-state index in [0.717, 1.165) is 22.8 Å². The predicted octanol–water partition coefficient (Wildman–Crippen LogP) is 9.40. The second kappa shape index (κ2) is 10.8. The lowest BCUT2D eigenvalue weighted by Gasteiger charge is -2.23. The van der Waals surface area contributed by atoms with Crippen molar-refractivity contribution in [2.45, 2.75) is 38.5 Å². The molecule has 222 valence electrons. The van der Waals surface area contributed by atoms with Gasteiger partial charge in [-0.15, -0.1) is 0 Å². The van der Waals surface area contributed by atoms with Crippen LogP contribution in [0.1, 0.15) is 59.5 Å². The van der Waals surface area contributed by atoms with Crippen molar-refractivity contribution in [2.24, 2.45) is 0 Å². The lowest BCUT2D eigenvalue weighted by Crippen LogP contribution is -2.22. The van der Waals surface area contributed by atoms with Crippen LogP contribution >= 0.6 is 23.2 Å². The Morgan fingerprint density at radius 2 is 1.05 bits per heavy atom. The molecule has 0 atom stereocenters. The van der Waals surface area contributed by atoms with Gasteiger partial charge in [0.15, 0.2) is 11.6 Å². The molecule has 4 nitrogen and oxygen atoms in total. The standard InChI is InChI=1S/C38H34Cl2N2O2/c1-37(2)26-15-7-9-17-30(26)41(5)32(37)19-11-13-23(34-35(43)24-21-28(39)29(40)22-25(24)36(34)44)14-12-20-33-38(3,4)27-16-8-10-18-31(27)42(33)6/h7-22H,1-6H3/b13-11+,14-12+,32-19+,33-20+. The highest BCUT2D eigenvalue weighted by molar-refractivity contribution is 6.45. The van der Waals surface area contributed by atoms with Gasteiger partial charge in [0.05, 0.1) is 15.6 Å². The largest absolute Gasteiger partial charge is 0.347 e. The van der Waals surface area contributed by atoms with Crippen LogP contribution in [-0.2, 0) is 10.8 Å². The Bertz CT molecular complexity index is 1770. The Morgan fingerprint density at radius 1 is 0.659 bits per heavy atom. The normalized spacial score (nSPS) is 20.0. The van der Waals surface area contributed by atoms with Gasteiger partial charge in [0.25, 0.3) is 0 Å². The summed E-state index contributed by atoms with van der Waals surface area (Å²) in [6, 6.07) is 19.7. The van der Waals surface area contributed by atoms with E-state index in [1.165, 1.54) is 23.3 Å². The second-order valence-electron chi connectivity index (χ2n) is 12.5. The molecular formula is C38H34Cl2N2O2. The maximum atomic E-state index is 13.7. The van der Waals surface area contributed by atoms with Gasteiger partial charge in [0, 0.05) is 58.8 Å². The zero-order chi connectivity index (χ0) is 31.6. The molecule has 3 aromatic carbocycles. The van der Waals surface area contributed by atoms with Gasteiger partial charge in [0.2, 0.25) is 0 Å². The number of carbonyl (C=O) groups is 2. The molecule has 0 spiro atoms. The molecule has 6 rings (SSSR count). The van der Waals surface area contributed by atoms with Crippen LogP contribution in [0.25, 0.3) is 0 Å². The van der Waals surface area contributed by atoms with Crippen molar-refractivity contribution in [1.29, 1.82) is 0 Å². The van der Waals surface area contributed by atoms with E-state index in [4.69, 9.17) is 23.2 Å². The van der Waals surface area contributed by atoms with E-state index in [9.17, 15) is 9.59 Å². The third kappa shape index (κ3) is 4.60. The van der Waals surface area contributed by atoms with Crippen LogP contribution in [0.15, 0.2) is 120 Å².